The van der Waals surface area contributed by atoms with Gasteiger partial charge in [0.25, 0.3) is 0 Å². The van der Waals surface area contributed by atoms with Crippen LogP contribution in [0.1, 0.15) is 43.2 Å². The third-order valence-electron chi connectivity index (χ3n) is 3.92. The van der Waals surface area contributed by atoms with Gasteiger partial charge >= 0.3 is 6.18 Å². The molecule has 1 aliphatic rings. The van der Waals surface area contributed by atoms with Crippen molar-refractivity contribution in [3.05, 3.63) is 35.4 Å². The average molecular weight is 271 g/mol. The highest BCUT2D eigenvalue weighted by molar-refractivity contribution is 5.29. The lowest BCUT2D eigenvalue weighted by Gasteiger charge is -2.37. The van der Waals surface area contributed by atoms with Gasteiger partial charge in [-0.15, -0.1) is 0 Å². The van der Waals surface area contributed by atoms with Crippen LogP contribution in [0.25, 0.3) is 0 Å². The van der Waals surface area contributed by atoms with E-state index < -0.39 is 11.7 Å². The molecule has 19 heavy (non-hydrogen) atoms. The fourth-order valence-corrected chi connectivity index (χ4v) is 2.64. The van der Waals surface area contributed by atoms with Crippen molar-refractivity contribution < 1.29 is 13.2 Å². The maximum atomic E-state index is 12.5. The van der Waals surface area contributed by atoms with Crippen LogP contribution in [0.15, 0.2) is 24.3 Å². The van der Waals surface area contributed by atoms with E-state index >= 15 is 0 Å². The van der Waals surface area contributed by atoms with E-state index in [-0.39, 0.29) is 0 Å². The summed E-state index contributed by atoms with van der Waals surface area (Å²) in [5.41, 5.74) is 0.485. The number of rotatable bonds is 5. The minimum Gasteiger partial charge on any atom is -0.316 e. The molecule has 1 N–H and O–H groups in total. The molecule has 1 nitrogen and oxygen atoms in total. The molecule has 0 saturated heterocycles. The third kappa shape index (κ3) is 3.50. The predicted molar refractivity (Wildman–Crippen MR) is 70.1 cm³/mol. The summed E-state index contributed by atoms with van der Waals surface area (Å²) in [6.07, 6.45) is -0.871. The Morgan fingerprint density at radius 3 is 2.32 bits per heavy atom. The van der Waals surface area contributed by atoms with Gasteiger partial charge in [0.15, 0.2) is 0 Å². The highest BCUT2D eigenvalue weighted by Gasteiger charge is 2.33. The first-order chi connectivity index (χ1) is 9.02. The Morgan fingerprint density at radius 2 is 1.84 bits per heavy atom. The first-order valence-electron chi connectivity index (χ1n) is 6.90. The van der Waals surface area contributed by atoms with Crippen LogP contribution in [0, 0.1) is 5.92 Å². The molecule has 0 heterocycles. The maximum Gasteiger partial charge on any atom is 0.416 e. The molecule has 4 heteroatoms. The molecule has 0 radical (unpaired) electrons. The van der Waals surface area contributed by atoms with Gasteiger partial charge < -0.3 is 5.32 Å². The Morgan fingerprint density at radius 1 is 1.16 bits per heavy atom. The van der Waals surface area contributed by atoms with Gasteiger partial charge in [0.05, 0.1) is 5.56 Å². The molecule has 0 amide bonds. The van der Waals surface area contributed by atoms with Gasteiger partial charge in [0.1, 0.15) is 0 Å². The van der Waals surface area contributed by atoms with Crippen molar-refractivity contribution in [1.29, 1.82) is 0 Å². The first-order valence-corrected chi connectivity index (χ1v) is 6.90. The first kappa shape index (κ1) is 14.4. The van der Waals surface area contributed by atoms with E-state index in [1.165, 1.54) is 18.6 Å². The van der Waals surface area contributed by atoms with Crippen molar-refractivity contribution in [2.24, 2.45) is 5.92 Å². The standard InChI is InChI=1S/C15H20F3N/c1-2-9-19-10-12-5-8-14(12)11-3-6-13(7-4-11)15(16,17)18/h3-4,6-7,12,14,19H,2,5,8-10H2,1H3. The number of hydrogen-bond donors (Lipinski definition) is 1. The van der Waals surface area contributed by atoms with E-state index in [0.29, 0.717) is 11.8 Å². The molecule has 1 fully saturated rings. The summed E-state index contributed by atoms with van der Waals surface area (Å²) in [6, 6.07) is 5.67. The summed E-state index contributed by atoms with van der Waals surface area (Å²) < 4.78 is 37.5. The second-order valence-corrected chi connectivity index (χ2v) is 5.27. The van der Waals surface area contributed by atoms with Crippen molar-refractivity contribution in [2.45, 2.75) is 38.3 Å². The van der Waals surface area contributed by atoms with E-state index in [2.05, 4.69) is 12.2 Å². The molecule has 0 bridgehead atoms. The van der Waals surface area contributed by atoms with Crippen LogP contribution in [0.3, 0.4) is 0 Å². The number of halogens is 3. The lowest BCUT2D eigenvalue weighted by atomic mass is 9.70. The van der Waals surface area contributed by atoms with Crippen LogP contribution in [0.5, 0.6) is 0 Å². The molecular weight excluding hydrogens is 251 g/mol. The summed E-state index contributed by atoms with van der Waals surface area (Å²) in [4.78, 5) is 0. The van der Waals surface area contributed by atoms with Gasteiger partial charge in [-0.05, 0) is 61.9 Å². The van der Waals surface area contributed by atoms with E-state index in [9.17, 15) is 13.2 Å². The molecule has 1 aromatic rings. The molecule has 0 aromatic heterocycles. The lowest BCUT2D eigenvalue weighted by Crippen LogP contribution is -2.34. The van der Waals surface area contributed by atoms with Crippen molar-refractivity contribution in [3.63, 3.8) is 0 Å². The van der Waals surface area contributed by atoms with Gasteiger partial charge in [-0.1, -0.05) is 19.1 Å². The normalized spacial score (nSPS) is 23.2. The second kappa shape index (κ2) is 5.95. The number of benzene rings is 1. The Kier molecular flexibility index (Phi) is 4.50. The summed E-state index contributed by atoms with van der Waals surface area (Å²) in [5, 5.41) is 3.39. The molecular formula is C15H20F3N. The summed E-state index contributed by atoms with van der Waals surface area (Å²) in [6.45, 7) is 4.11. The molecule has 2 rings (SSSR count). The van der Waals surface area contributed by atoms with Crippen LogP contribution >= 0.6 is 0 Å². The van der Waals surface area contributed by atoms with Crippen LogP contribution in [-0.4, -0.2) is 13.1 Å². The van der Waals surface area contributed by atoms with E-state index in [1.54, 1.807) is 12.1 Å². The quantitative estimate of drug-likeness (QED) is 0.791. The monoisotopic (exact) mass is 271 g/mol. The van der Waals surface area contributed by atoms with Crippen LogP contribution < -0.4 is 5.32 Å². The Labute approximate surface area is 112 Å². The summed E-state index contributed by atoms with van der Waals surface area (Å²) >= 11 is 0. The number of alkyl halides is 3. The van der Waals surface area contributed by atoms with Crippen LogP contribution in [0.2, 0.25) is 0 Å². The number of nitrogens with one attached hydrogen (secondary N) is 1. The Balaban J connectivity index is 1.95. The van der Waals surface area contributed by atoms with Crippen molar-refractivity contribution in [1.82, 2.24) is 5.32 Å². The fraction of sp³-hybridized carbons (Fsp3) is 0.600. The molecule has 0 aliphatic heterocycles. The zero-order valence-corrected chi connectivity index (χ0v) is 11.1. The van der Waals surface area contributed by atoms with Gasteiger partial charge in [0.2, 0.25) is 0 Å². The molecule has 0 spiro atoms. The summed E-state index contributed by atoms with van der Waals surface area (Å²) in [5.74, 6) is 0.995. The van der Waals surface area contributed by atoms with Gasteiger partial charge in [-0.2, -0.15) is 13.2 Å². The van der Waals surface area contributed by atoms with Gasteiger partial charge in [-0.25, -0.2) is 0 Å². The Bertz CT molecular complexity index is 397. The van der Waals surface area contributed by atoms with Crippen molar-refractivity contribution in [2.75, 3.05) is 13.1 Å². The molecule has 1 aliphatic carbocycles. The molecule has 2 unspecified atom stereocenters. The van der Waals surface area contributed by atoms with E-state index in [1.807, 2.05) is 0 Å². The summed E-state index contributed by atoms with van der Waals surface area (Å²) in [7, 11) is 0. The molecule has 1 saturated carbocycles. The maximum absolute atomic E-state index is 12.5. The second-order valence-electron chi connectivity index (χ2n) is 5.27. The molecule has 1 aromatic carbocycles. The van der Waals surface area contributed by atoms with E-state index in [0.717, 1.165) is 31.5 Å². The van der Waals surface area contributed by atoms with Crippen molar-refractivity contribution >= 4 is 0 Å². The van der Waals surface area contributed by atoms with Crippen molar-refractivity contribution in [3.8, 4) is 0 Å². The topological polar surface area (TPSA) is 12.0 Å². The zero-order chi connectivity index (χ0) is 13.9. The third-order valence-corrected chi connectivity index (χ3v) is 3.92. The SMILES string of the molecule is CCCNCC1CCC1c1ccc(C(F)(F)F)cc1. The largest absolute Gasteiger partial charge is 0.416 e. The molecule has 2 atom stereocenters. The highest BCUT2D eigenvalue weighted by Crippen LogP contribution is 2.42. The van der Waals surface area contributed by atoms with Gasteiger partial charge in [0, 0.05) is 0 Å². The highest BCUT2D eigenvalue weighted by atomic mass is 19.4. The van der Waals surface area contributed by atoms with Crippen LogP contribution in [0.4, 0.5) is 13.2 Å². The van der Waals surface area contributed by atoms with Crippen LogP contribution in [-0.2, 0) is 6.18 Å². The molecule has 106 valence electrons. The van der Waals surface area contributed by atoms with Gasteiger partial charge in [-0.3, -0.25) is 0 Å². The smallest absolute Gasteiger partial charge is 0.316 e. The predicted octanol–water partition coefficient (Wildman–Crippen LogP) is 4.20. The average Bonchev–Trinajstić information content (AvgIpc) is 2.33. The number of hydrogen-bond acceptors (Lipinski definition) is 1. The Hall–Kier alpha value is -1.03. The fourth-order valence-electron chi connectivity index (χ4n) is 2.64. The zero-order valence-electron chi connectivity index (χ0n) is 11.1. The minimum atomic E-state index is -4.24. The minimum absolute atomic E-state index is 0.423. The lowest BCUT2D eigenvalue weighted by molar-refractivity contribution is -0.137. The van der Waals surface area contributed by atoms with E-state index in [4.69, 9.17) is 0 Å².